The van der Waals surface area contributed by atoms with Crippen molar-refractivity contribution < 1.29 is 23.4 Å². The number of rotatable bonds is 7. The molecular formula is C34H32ClFN2O4. The van der Waals surface area contributed by atoms with Gasteiger partial charge in [-0.3, -0.25) is 5.32 Å². The van der Waals surface area contributed by atoms with Crippen LogP contribution < -0.4 is 24.8 Å². The Kier molecular flexibility index (Phi) is 8.14. The molecule has 0 fully saturated rings. The van der Waals surface area contributed by atoms with Crippen LogP contribution in [0.1, 0.15) is 37.5 Å². The first-order valence-electron chi connectivity index (χ1n) is 13.5. The van der Waals surface area contributed by atoms with E-state index in [0.29, 0.717) is 28.0 Å². The summed E-state index contributed by atoms with van der Waals surface area (Å²) in [5.74, 6) is 0.936. The fourth-order valence-corrected chi connectivity index (χ4v) is 5.45. The number of halogens is 2. The lowest BCUT2D eigenvalue weighted by Crippen LogP contribution is -2.32. The second-order valence-corrected chi connectivity index (χ2v) is 11.2. The van der Waals surface area contributed by atoms with Gasteiger partial charge >= 0.3 is 6.09 Å². The fraction of sp³-hybridized carbons (Fsp3) is 0.206. The quantitative estimate of drug-likeness (QED) is 0.226. The molecule has 0 atom stereocenters. The Labute approximate surface area is 250 Å². The number of methoxy groups -OCH3 is 1. The maximum absolute atomic E-state index is 14.0. The standard InChI is InChI=1S/C34H32ClFN2O4/c1-20-9-10-23(36)16-30(20)41-19-28-26(13-14-29-32(28)21(2)18-34(3,4)38-29)27-12-11-25(17-31(27)40-5)42-33(39)37-24-8-6-7-22(35)15-24/h6-18,38H,19H2,1-5H3,(H,37,39). The monoisotopic (exact) mass is 586 g/mol. The zero-order valence-corrected chi connectivity index (χ0v) is 24.9. The van der Waals surface area contributed by atoms with Crippen LogP contribution in [0.2, 0.25) is 5.02 Å². The highest BCUT2D eigenvalue weighted by molar-refractivity contribution is 6.30. The zero-order chi connectivity index (χ0) is 30.0. The molecule has 5 rings (SSSR count). The van der Waals surface area contributed by atoms with Crippen molar-refractivity contribution in [3.05, 3.63) is 106 Å². The van der Waals surface area contributed by atoms with Crippen LogP contribution in [0, 0.1) is 12.7 Å². The Morgan fingerprint density at radius 3 is 2.52 bits per heavy atom. The average molecular weight is 587 g/mol. The summed E-state index contributed by atoms with van der Waals surface area (Å²) in [5.41, 5.74) is 6.81. The molecule has 0 spiro atoms. The number of nitrogens with one attached hydrogen (secondary N) is 2. The maximum Gasteiger partial charge on any atom is 0.417 e. The van der Waals surface area contributed by atoms with E-state index in [1.807, 2.05) is 25.1 Å². The van der Waals surface area contributed by atoms with E-state index in [9.17, 15) is 9.18 Å². The topological polar surface area (TPSA) is 68.8 Å². The molecule has 4 aromatic rings. The third-order valence-corrected chi connectivity index (χ3v) is 7.24. The number of hydrogen-bond donors (Lipinski definition) is 2. The summed E-state index contributed by atoms with van der Waals surface area (Å²) in [6.07, 6.45) is 1.53. The molecule has 42 heavy (non-hydrogen) atoms. The van der Waals surface area contributed by atoms with Gasteiger partial charge in [0.2, 0.25) is 0 Å². The van der Waals surface area contributed by atoms with Crippen molar-refractivity contribution >= 4 is 34.6 Å². The first kappa shape index (κ1) is 29.0. The lowest BCUT2D eigenvalue weighted by molar-refractivity contribution is 0.215. The van der Waals surface area contributed by atoms with Crippen molar-refractivity contribution in [2.24, 2.45) is 0 Å². The van der Waals surface area contributed by atoms with Gasteiger partial charge in [0.15, 0.2) is 0 Å². The molecule has 1 aliphatic rings. The summed E-state index contributed by atoms with van der Waals surface area (Å²) in [4.78, 5) is 12.5. The molecule has 216 valence electrons. The number of aryl methyl sites for hydroxylation is 1. The van der Waals surface area contributed by atoms with Crippen LogP contribution in [0.25, 0.3) is 16.7 Å². The van der Waals surface area contributed by atoms with E-state index in [1.54, 1.807) is 49.6 Å². The van der Waals surface area contributed by atoms with E-state index in [1.165, 1.54) is 12.1 Å². The number of benzene rings is 4. The predicted octanol–water partition coefficient (Wildman–Crippen LogP) is 9.26. The maximum atomic E-state index is 14.0. The third-order valence-electron chi connectivity index (χ3n) is 7.01. The van der Waals surface area contributed by atoms with Gasteiger partial charge in [-0.2, -0.15) is 0 Å². The summed E-state index contributed by atoms with van der Waals surface area (Å²) < 4.78 is 31.6. The number of ether oxygens (including phenoxy) is 3. The van der Waals surface area contributed by atoms with Crippen LogP contribution >= 0.6 is 11.6 Å². The summed E-state index contributed by atoms with van der Waals surface area (Å²) >= 11 is 6.01. The number of carbonyl (C=O) groups excluding carboxylic acids is 1. The van der Waals surface area contributed by atoms with Crippen molar-refractivity contribution in [2.45, 2.75) is 39.8 Å². The molecule has 8 heteroatoms. The highest BCUT2D eigenvalue weighted by Crippen LogP contribution is 2.43. The van der Waals surface area contributed by atoms with E-state index in [2.05, 4.69) is 37.5 Å². The van der Waals surface area contributed by atoms with E-state index in [0.717, 1.165) is 39.1 Å². The molecular weight excluding hydrogens is 555 g/mol. The molecule has 2 N–H and O–H groups in total. The van der Waals surface area contributed by atoms with Gasteiger partial charge in [0.25, 0.3) is 0 Å². The molecule has 0 aromatic heterocycles. The second kappa shape index (κ2) is 11.8. The minimum Gasteiger partial charge on any atom is -0.496 e. The normalized spacial score (nSPS) is 13.4. The molecule has 0 bridgehead atoms. The minimum atomic E-state index is -0.658. The van der Waals surface area contributed by atoms with E-state index in [-0.39, 0.29) is 18.0 Å². The van der Waals surface area contributed by atoms with Gasteiger partial charge in [-0.25, -0.2) is 9.18 Å². The van der Waals surface area contributed by atoms with Crippen molar-refractivity contribution in [3.63, 3.8) is 0 Å². The lowest BCUT2D eigenvalue weighted by atomic mass is 9.85. The molecule has 4 aromatic carbocycles. The van der Waals surface area contributed by atoms with Crippen LogP contribution in [0.4, 0.5) is 20.6 Å². The van der Waals surface area contributed by atoms with Crippen molar-refractivity contribution in [3.8, 4) is 28.4 Å². The first-order chi connectivity index (χ1) is 20.0. The number of hydrogen-bond acceptors (Lipinski definition) is 5. The van der Waals surface area contributed by atoms with Gasteiger partial charge in [0, 0.05) is 45.2 Å². The van der Waals surface area contributed by atoms with Crippen LogP contribution in [-0.2, 0) is 6.61 Å². The van der Waals surface area contributed by atoms with Gasteiger partial charge in [-0.15, -0.1) is 0 Å². The van der Waals surface area contributed by atoms with Gasteiger partial charge in [0.1, 0.15) is 29.7 Å². The number of anilines is 2. The van der Waals surface area contributed by atoms with Crippen LogP contribution in [-0.4, -0.2) is 18.7 Å². The molecule has 6 nitrogen and oxygen atoms in total. The lowest BCUT2D eigenvalue weighted by Gasteiger charge is -2.33. The van der Waals surface area contributed by atoms with Crippen molar-refractivity contribution in [1.29, 1.82) is 0 Å². The predicted molar refractivity (Wildman–Crippen MR) is 166 cm³/mol. The van der Waals surface area contributed by atoms with E-state index < -0.39 is 6.09 Å². The first-order valence-corrected chi connectivity index (χ1v) is 13.9. The smallest absolute Gasteiger partial charge is 0.417 e. The molecule has 1 amide bonds. The van der Waals surface area contributed by atoms with Gasteiger partial charge < -0.3 is 19.5 Å². The Morgan fingerprint density at radius 1 is 0.976 bits per heavy atom. The van der Waals surface area contributed by atoms with Gasteiger partial charge in [-0.05, 0) is 86.9 Å². The molecule has 1 heterocycles. The van der Waals surface area contributed by atoms with Gasteiger partial charge in [0.05, 0.1) is 12.6 Å². The Balaban J connectivity index is 1.51. The Morgan fingerprint density at radius 2 is 1.76 bits per heavy atom. The number of amides is 1. The number of carbonyl (C=O) groups is 1. The Bertz CT molecular complexity index is 1700. The number of allylic oxidation sites excluding steroid dienone is 1. The second-order valence-electron chi connectivity index (χ2n) is 10.8. The molecule has 0 saturated carbocycles. The minimum absolute atomic E-state index is 0.194. The van der Waals surface area contributed by atoms with Crippen LogP contribution in [0.3, 0.4) is 0 Å². The highest BCUT2D eigenvalue weighted by Gasteiger charge is 2.27. The SMILES string of the molecule is COc1cc(OC(=O)Nc2cccc(Cl)c2)ccc1-c1ccc2c(c1COc1cc(F)ccc1C)C(C)=CC(C)(C)N2. The summed E-state index contributed by atoms with van der Waals surface area (Å²) in [7, 11) is 1.56. The highest BCUT2D eigenvalue weighted by atomic mass is 35.5. The largest absolute Gasteiger partial charge is 0.496 e. The molecule has 0 aliphatic carbocycles. The summed E-state index contributed by atoms with van der Waals surface area (Å²) in [6, 6.07) is 20.6. The van der Waals surface area contributed by atoms with E-state index in [4.69, 9.17) is 25.8 Å². The average Bonchev–Trinajstić information content (AvgIpc) is 2.92. The molecule has 0 unspecified atom stereocenters. The van der Waals surface area contributed by atoms with Crippen LogP contribution in [0.5, 0.6) is 17.2 Å². The zero-order valence-electron chi connectivity index (χ0n) is 24.1. The molecule has 0 saturated heterocycles. The Hall–Kier alpha value is -4.49. The number of fused-ring (bicyclic) bond motifs is 1. The van der Waals surface area contributed by atoms with Crippen molar-refractivity contribution in [2.75, 3.05) is 17.7 Å². The summed E-state index contributed by atoms with van der Waals surface area (Å²) in [5, 5.41) is 6.76. The van der Waals surface area contributed by atoms with Gasteiger partial charge in [-0.1, -0.05) is 35.9 Å². The van der Waals surface area contributed by atoms with E-state index >= 15 is 0 Å². The molecule has 0 radical (unpaired) electrons. The van der Waals surface area contributed by atoms with Crippen LogP contribution in [0.15, 0.2) is 78.9 Å². The molecule has 1 aliphatic heterocycles. The fourth-order valence-electron chi connectivity index (χ4n) is 5.25. The summed E-state index contributed by atoms with van der Waals surface area (Å²) in [6.45, 7) is 8.39. The third kappa shape index (κ3) is 6.37. The van der Waals surface area contributed by atoms with Crippen molar-refractivity contribution in [1.82, 2.24) is 0 Å².